The van der Waals surface area contributed by atoms with Gasteiger partial charge in [0.15, 0.2) is 0 Å². The SMILES string of the molecule is C#C/C=C/CCCCCCC#CC#CC#CCCCCC#C. The van der Waals surface area contributed by atoms with Crippen LogP contribution in [-0.4, -0.2) is 0 Å². The molecule has 0 aromatic carbocycles. The van der Waals surface area contributed by atoms with E-state index in [-0.39, 0.29) is 0 Å². The van der Waals surface area contributed by atoms with E-state index in [9.17, 15) is 0 Å². The predicted molar refractivity (Wildman–Crippen MR) is 96.3 cm³/mol. The lowest BCUT2D eigenvalue weighted by atomic mass is 10.1. The Balaban J connectivity index is 3.48. The first kappa shape index (κ1) is 19.5. The van der Waals surface area contributed by atoms with Gasteiger partial charge in [-0.3, -0.25) is 0 Å². The van der Waals surface area contributed by atoms with Crippen LogP contribution in [0, 0.1) is 60.2 Å². The van der Waals surface area contributed by atoms with Crippen molar-refractivity contribution >= 4 is 0 Å². The highest BCUT2D eigenvalue weighted by atomic mass is 13.9. The number of hydrogen-bond donors (Lipinski definition) is 0. The number of allylic oxidation sites excluding steroid dienone is 2. The summed E-state index contributed by atoms with van der Waals surface area (Å²) in [5.41, 5.74) is 0. The lowest BCUT2D eigenvalue weighted by Gasteiger charge is -1.94. The topological polar surface area (TPSA) is 0 Å². The van der Waals surface area contributed by atoms with Crippen LogP contribution in [0.5, 0.6) is 0 Å². The number of hydrogen-bond acceptors (Lipinski definition) is 0. The van der Waals surface area contributed by atoms with Crippen LogP contribution in [-0.2, 0) is 0 Å². The molecule has 0 aliphatic carbocycles. The van der Waals surface area contributed by atoms with Crippen molar-refractivity contribution in [1.29, 1.82) is 0 Å². The second-order valence-corrected chi connectivity index (χ2v) is 4.79. The molecule has 22 heavy (non-hydrogen) atoms. The predicted octanol–water partition coefficient (Wildman–Crippen LogP) is 4.72. The molecule has 0 unspecified atom stereocenters. The van der Waals surface area contributed by atoms with E-state index in [1.165, 1.54) is 19.3 Å². The Morgan fingerprint density at radius 1 is 0.636 bits per heavy atom. The Morgan fingerprint density at radius 3 is 1.86 bits per heavy atom. The molecule has 0 radical (unpaired) electrons. The second-order valence-electron chi connectivity index (χ2n) is 4.79. The molecule has 0 aromatic rings. The van der Waals surface area contributed by atoms with Gasteiger partial charge in [-0.2, -0.15) is 0 Å². The summed E-state index contributed by atoms with van der Waals surface area (Å²) in [4.78, 5) is 0. The van der Waals surface area contributed by atoms with Gasteiger partial charge in [0.05, 0.1) is 0 Å². The van der Waals surface area contributed by atoms with Crippen LogP contribution in [0.15, 0.2) is 12.2 Å². The monoisotopic (exact) mass is 288 g/mol. The summed E-state index contributed by atoms with van der Waals surface area (Å²) in [5.74, 6) is 22.4. The van der Waals surface area contributed by atoms with Gasteiger partial charge in [-0.25, -0.2) is 0 Å². The molecule has 112 valence electrons. The fourth-order valence-electron chi connectivity index (χ4n) is 1.70. The summed E-state index contributed by atoms with van der Waals surface area (Å²) >= 11 is 0. The van der Waals surface area contributed by atoms with Crippen molar-refractivity contribution < 1.29 is 0 Å². The summed E-state index contributed by atoms with van der Waals surface area (Å²) in [6.07, 6.45) is 24.6. The minimum atomic E-state index is 0.834. The van der Waals surface area contributed by atoms with Crippen LogP contribution in [0.1, 0.15) is 64.2 Å². The van der Waals surface area contributed by atoms with E-state index in [0.717, 1.165) is 44.9 Å². The Hall–Kier alpha value is -2.46. The maximum atomic E-state index is 5.17. The molecule has 0 aliphatic rings. The summed E-state index contributed by atoms with van der Waals surface area (Å²) < 4.78 is 0. The van der Waals surface area contributed by atoms with Crippen molar-refractivity contribution in [1.82, 2.24) is 0 Å². The van der Waals surface area contributed by atoms with Gasteiger partial charge in [0.2, 0.25) is 0 Å². The highest BCUT2D eigenvalue weighted by molar-refractivity contribution is 5.35. The third-order valence-corrected chi connectivity index (χ3v) is 2.87. The molecule has 0 heterocycles. The Labute approximate surface area is 137 Å². The van der Waals surface area contributed by atoms with E-state index in [0.29, 0.717) is 0 Å². The average Bonchev–Trinajstić information content (AvgIpc) is 2.54. The third kappa shape index (κ3) is 17.5. The van der Waals surface area contributed by atoms with Crippen molar-refractivity contribution in [2.75, 3.05) is 0 Å². The van der Waals surface area contributed by atoms with E-state index in [4.69, 9.17) is 12.8 Å². The largest absolute Gasteiger partial charge is 0.120 e. The van der Waals surface area contributed by atoms with Gasteiger partial charge in [0.25, 0.3) is 0 Å². The maximum Gasteiger partial charge on any atom is 0.00992 e. The summed E-state index contributed by atoms with van der Waals surface area (Å²) in [7, 11) is 0. The van der Waals surface area contributed by atoms with Crippen molar-refractivity contribution in [3.8, 4) is 60.2 Å². The van der Waals surface area contributed by atoms with E-state index in [1.807, 2.05) is 6.08 Å². The molecule has 0 saturated carbocycles. The first-order valence-corrected chi connectivity index (χ1v) is 7.92. The molecule has 0 spiro atoms. The standard InChI is InChI=1S/C22H24/c1-3-5-7-9-11-13-15-17-19-21-22-20-18-16-14-12-10-8-6-4-2/h1-2,5,7H,6,8-13,15,17,19H2/b7-5+. The fourth-order valence-corrected chi connectivity index (χ4v) is 1.70. The zero-order chi connectivity index (χ0) is 16.1. The van der Waals surface area contributed by atoms with Crippen LogP contribution in [0.25, 0.3) is 0 Å². The van der Waals surface area contributed by atoms with Gasteiger partial charge in [-0.15, -0.1) is 18.8 Å². The zero-order valence-corrected chi connectivity index (χ0v) is 13.4. The number of unbranched alkanes of at least 4 members (excludes halogenated alkanes) is 8. The van der Waals surface area contributed by atoms with Crippen LogP contribution in [0.3, 0.4) is 0 Å². The Kier molecular flexibility index (Phi) is 16.5. The highest BCUT2D eigenvalue weighted by Crippen LogP contribution is 2.05. The van der Waals surface area contributed by atoms with Gasteiger partial charge in [-0.1, -0.05) is 36.7 Å². The van der Waals surface area contributed by atoms with E-state index < -0.39 is 0 Å². The van der Waals surface area contributed by atoms with Crippen molar-refractivity contribution in [3.63, 3.8) is 0 Å². The number of terminal acetylenes is 2. The van der Waals surface area contributed by atoms with Crippen molar-refractivity contribution in [2.45, 2.75) is 64.2 Å². The van der Waals surface area contributed by atoms with Crippen LogP contribution in [0.4, 0.5) is 0 Å². The average molecular weight is 288 g/mol. The number of rotatable bonds is 9. The lowest BCUT2D eigenvalue weighted by Crippen LogP contribution is -1.76. The first-order chi connectivity index (χ1) is 10.9. The van der Waals surface area contributed by atoms with Gasteiger partial charge in [0.1, 0.15) is 0 Å². The highest BCUT2D eigenvalue weighted by Gasteiger charge is 1.86. The van der Waals surface area contributed by atoms with E-state index in [1.54, 1.807) is 6.08 Å². The molecule has 0 N–H and O–H groups in total. The Bertz CT molecular complexity index is 556. The molecule has 0 atom stereocenters. The van der Waals surface area contributed by atoms with Gasteiger partial charge in [0, 0.05) is 19.3 Å². The molecular formula is C22H24. The minimum absolute atomic E-state index is 0.834. The van der Waals surface area contributed by atoms with Gasteiger partial charge >= 0.3 is 0 Å². The van der Waals surface area contributed by atoms with Crippen molar-refractivity contribution in [3.05, 3.63) is 12.2 Å². The molecule has 0 saturated heterocycles. The zero-order valence-electron chi connectivity index (χ0n) is 13.4. The quantitative estimate of drug-likeness (QED) is 0.425. The molecule has 0 aliphatic heterocycles. The smallest absolute Gasteiger partial charge is 0.00992 e. The normalized spacial score (nSPS) is 8.45. The summed E-state index contributed by atoms with van der Waals surface area (Å²) in [5, 5.41) is 0. The first-order valence-electron chi connectivity index (χ1n) is 7.92. The second kappa shape index (κ2) is 18.5. The molecule has 0 nitrogen and oxygen atoms in total. The minimum Gasteiger partial charge on any atom is -0.120 e. The molecular weight excluding hydrogens is 264 g/mol. The van der Waals surface area contributed by atoms with Gasteiger partial charge < -0.3 is 0 Å². The molecule has 0 fully saturated rings. The molecule has 0 bridgehead atoms. The van der Waals surface area contributed by atoms with Crippen LogP contribution >= 0.6 is 0 Å². The molecule has 0 aromatic heterocycles. The summed E-state index contributed by atoms with van der Waals surface area (Å²) in [6, 6.07) is 0. The molecule has 0 rings (SSSR count). The van der Waals surface area contributed by atoms with Crippen LogP contribution in [0.2, 0.25) is 0 Å². The van der Waals surface area contributed by atoms with E-state index in [2.05, 4.69) is 47.4 Å². The summed E-state index contributed by atoms with van der Waals surface area (Å²) in [6.45, 7) is 0. The molecule has 0 heteroatoms. The Morgan fingerprint density at radius 2 is 1.23 bits per heavy atom. The van der Waals surface area contributed by atoms with Gasteiger partial charge in [-0.05, 0) is 61.9 Å². The molecule has 0 amide bonds. The lowest BCUT2D eigenvalue weighted by molar-refractivity contribution is 0.656. The van der Waals surface area contributed by atoms with Crippen LogP contribution < -0.4 is 0 Å². The van der Waals surface area contributed by atoms with E-state index >= 15 is 0 Å². The fraction of sp³-hybridized carbons (Fsp3) is 0.455. The third-order valence-electron chi connectivity index (χ3n) is 2.87. The van der Waals surface area contributed by atoms with Crippen molar-refractivity contribution in [2.24, 2.45) is 0 Å². The maximum absolute atomic E-state index is 5.17.